The van der Waals surface area contributed by atoms with Gasteiger partial charge in [0, 0.05) is 9.37 Å². The fraction of sp³-hybridized carbons (Fsp3) is 0.0769. The number of amides is 2. The van der Waals surface area contributed by atoms with Crippen molar-refractivity contribution in [2.45, 2.75) is 4.90 Å². The fourth-order valence-electron chi connectivity index (χ4n) is 1.46. The van der Waals surface area contributed by atoms with Crippen LogP contribution in [0.3, 0.4) is 0 Å². The molecule has 0 aliphatic carbocycles. The Morgan fingerprint density at radius 3 is 2.60 bits per heavy atom. The highest BCUT2D eigenvalue weighted by atomic mass is 79.9. The molecule has 0 spiro atoms. The van der Waals surface area contributed by atoms with E-state index in [2.05, 4.69) is 21.2 Å². The van der Waals surface area contributed by atoms with Crippen LogP contribution >= 0.6 is 39.0 Å². The van der Waals surface area contributed by atoms with Gasteiger partial charge in [-0.2, -0.15) is 0 Å². The Hall–Kier alpha value is -1.31. The highest BCUT2D eigenvalue weighted by molar-refractivity contribution is 9.10. The molecule has 4 nitrogen and oxygen atoms in total. The molecule has 7 heteroatoms. The van der Waals surface area contributed by atoms with E-state index in [0.717, 1.165) is 9.37 Å². The number of rotatable bonds is 5. The number of nitrogens with two attached hydrogens (primary N) is 1. The lowest BCUT2D eigenvalue weighted by Gasteiger charge is -2.05. The molecule has 0 aliphatic rings. The smallest absolute Gasteiger partial charge is 0.260 e. The lowest BCUT2D eigenvalue weighted by molar-refractivity contribution is -0.113. The Labute approximate surface area is 132 Å². The van der Waals surface area contributed by atoms with Crippen LogP contribution in [0.25, 0.3) is 0 Å². The molecule has 0 fully saturated rings. The van der Waals surface area contributed by atoms with Crippen LogP contribution in [0, 0.1) is 0 Å². The maximum atomic E-state index is 11.8. The predicted octanol–water partition coefficient (Wildman–Crippen LogP) is 3.34. The number of benzene rings is 1. The number of carbonyl (C=O) groups excluding carboxylic acids is 2. The molecule has 0 saturated carbocycles. The SMILES string of the molecule is NC(=O)c1sccc1NC(=O)CSc1ccc(Br)cc1. The number of anilines is 1. The normalized spacial score (nSPS) is 10.2. The summed E-state index contributed by atoms with van der Waals surface area (Å²) in [6.07, 6.45) is 0. The number of thioether (sulfide) groups is 1. The van der Waals surface area contributed by atoms with Crippen LogP contribution in [-0.4, -0.2) is 17.6 Å². The molecule has 0 radical (unpaired) electrons. The number of carbonyl (C=O) groups is 2. The molecule has 2 amide bonds. The first kappa shape index (κ1) is 15.1. The van der Waals surface area contributed by atoms with Gasteiger partial charge in [-0.15, -0.1) is 23.1 Å². The van der Waals surface area contributed by atoms with Gasteiger partial charge in [-0.3, -0.25) is 9.59 Å². The van der Waals surface area contributed by atoms with Crippen LogP contribution in [0.15, 0.2) is 45.1 Å². The number of nitrogens with one attached hydrogen (secondary N) is 1. The topological polar surface area (TPSA) is 72.2 Å². The molecule has 2 rings (SSSR count). The number of primary amides is 1. The maximum Gasteiger partial charge on any atom is 0.260 e. The van der Waals surface area contributed by atoms with Gasteiger partial charge in [0.05, 0.1) is 11.4 Å². The zero-order valence-electron chi connectivity index (χ0n) is 10.3. The molecule has 0 atom stereocenters. The van der Waals surface area contributed by atoms with E-state index in [9.17, 15) is 9.59 Å². The fourth-order valence-corrected chi connectivity index (χ4v) is 3.13. The van der Waals surface area contributed by atoms with Crippen LogP contribution in [0.1, 0.15) is 9.67 Å². The summed E-state index contributed by atoms with van der Waals surface area (Å²) in [5.74, 6) is -0.426. The van der Waals surface area contributed by atoms with Crippen molar-refractivity contribution >= 4 is 56.5 Å². The van der Waals surface area contributed by atoms with E-state index in [0.29, 0.717) is 10.6 Å². The molecular weight excluding hydrogens is 360 g/mol. The zero-order valence-corrected chi connectivity index (χ0v) is 13.5. The summed E-state index contributed by atoms with van der Waals surface area (Å²) >= 11 is 6.00. The van der Waals surface area contributed by atoms with Crippen molar-refractivity contribution < 1.29 is 9.59 Å². The van der Waals surface area contributed by atoms with Crippen molar-refractivity contribution in [1.29, 1.82) is 0 Å². The Morgan fingerprint density at radius 2 is 1.95 bits per heavy atom. The largest absolute Gasteiger partial charge is 0.365 e. The summed E-state index contributed by atoms with van der Waals surface area (Å²) in [7, 11) is 0. The van der Waals surface area contributed by atoms with Crippen molar-refractivity contribution in [1.82, 2.24) is 0 Å². The molecule has 20 heavy (non-hydrogen) atoms. The molecule has 104 valence electrons. The summed E-state index contributed by atoms with van der Waals surface area (Å²) in [4.78, 5) is 24.4. The average molecular weight is 371 g/mol. The summed E-state index contributed by atoms with van der Waals surface area (Å²) < 4.78 is 0.996. The van der Waals surface area contributed by atoms with E-state index in [1.165, 1.54) is 23.1 Å². The van der Waals surface area contributed by atoms with Gasteiger partial charge < -0.3 is 11.1 Å². The predicted molar refractivity (Wildman–Crippen MR) is 86.3 cm³/mol. The zero-order chi connectivity index (χ0) is 14.5. The second-order valence-electron chi connectivity index (χ2n) is 3.82. The van der Waals surface area contributed by atoms with E-state index in [1.54, 1.807) is 11.4 Å². The molecule has 1 aromatic heterocycles. The average Bonchev–Trinajstić information content (AvgIpc) is 2.86. The number of halogens is 1. The van der Waals surface area contributed by atoms with Gasteiger partial charge in [0.15, 0.2) is 0 Å². The van der Waals surface area contributed by atoms with Crippen molar-refractivity contribution in [3.8, 4) is 0 Å². The first-order valence-corrected chi connectivity index (χ1v) is 8.27. The van der Waals surface area contributed by atoms with Crippen LogP contribution in [0.2, 0.25) is 0 Å². The van der Waals surface area contributed by atoms with Crippen LogP contribution in [-0.2, 0) is 4.79 Å². The summed E-state index contributed by atoms with van der Waals surface area (Å²) in [6, 6.07) is 9.38. The first-order chi connectivity index (χ1) is 9.56. The molecule has 1 heterocycles. The standard InChI is InChI=1S/C13H11BrN2O2S2/c14-8-1-3-9(4-2-8)20-7-11(17)16-10-5-6-19-12(10)13(15)18/h1-6H,7H2,(H2,15,18)(H,16,17). The number of hydrogen-bond acceptors (Lipinski definition) is 4. The molecular formula is C13H11BrN2O2S2. The van der Waals surface area contributed by atoms with E-state index in [1.807, 2.05) is 24.3 Å². The lowest BCUT2D eigenvalue weighted by Crippen LogP contribution is -2.17. The minimum atomic E-state index is -0.532. The first-order valence-electron chi connectivity index (χ1n) is 5.62. The molecule has 3 N–H and O–H groups in total. The van der Waals surface area contributed by atoms with E-state index in [-0.39, 0.29) is 11.7 Å². The van der Waals surface area contributed by atoms with E-state index >= 15 is 0 Å². The lowest BCUT2D eigenvalue weighted by atomic mass is 10.3. The monoisotopic (exact) mass is 370 g/mol. The highest BCUT2D eigenvalue weighted by Crippen LogP contribution is 2.23. The van der Waals surface area contributed by atoms with Gasteiger partial charge in [-0.05, 0) is 35.7 Å². The van der Waals surface area contributed by atoms with E-state index < -0.39 is 5.91 Å². The Bertz CT molecular complexity index is 626. The molecule has 2 aromatic rings. The third-order valence-corrected chi connectivity index (χ3v) is 4.82. The minimum Gasteiger partial charge on any atom is -0.365 e. The Balaban J connectivity index is 1.91. The van der Waals surface area contributed by atoms with Gasteiger partial charge in [0.2, 0.25) is 5.91 Å². The molecule has 0 unspecified atom stereocenters. The van der Waals surface area contributed by atoms with Crippen molar-refractivity contribution in [3.05, 3.63) is 45.1 Å². The Morgan fingerprint density at radius 1 is 1.25 bits per heavy atom. The number of thiophene rings is 1. The molecule has 0 saturated heterocycles. The van der Waals surface area contributed by atoms with Crippen molar-refractivity contribution in [2.75, 3.05) is 11.1 Å². The maximum absolute atomic E-state index is 11.8. The van der Waals surface area contributed by atoms with Gasteiger partial charge >= 0.3 is 0 Å². The minimum absolute atomic E-state index is 0.168. The third-order valence-electron chi connectivity index (χ3n) is 2.35. The number of hydrogen-bond donors (Lipinski definition) is 2. The van der Waals surface area contributed by atoms with Crippen molar-refractivity contribution in [3.63, 3.8) is 0 Å². The second-order valence-corrected chi connectivity index (χ2v) is 6.70. The van der Waals surface area contributed by atoms with Crippen LogP contribution in [0.4, 0.5) is 5.69 Å². The highest BCUT2D eigenvalue weighted by Gasteiger charge is 2.12. The van der Waals surface area contributed by atoms with E-state index in [4.69, 9.17) is 5.73 Å². The molecule has 1 aromatic carbocycles. The van der Waals surface area contributed by atoms with Crippen molar-refractivity contribution in [2.24, 2.45) is 5.73 Å². The summed E-state index contributed by atoms with van der Waals surface area (Å²) in [6.45, 7) is 0. The van der Waals surface area contributed by atoms with Gasteiger partial charge in [-0.25, -0.2) is 0 Å². The summed E-state index contributed by atoms with van der Waals surface area (Å²) in [5, 5.41) is 4.41. The quantitative estimate of drug-likeness (QED) is 0.792. The van der Waals surface area contributed by atoms with Gasteiger partial charge in [0.25, 0.3) is 5.91 Å². The van der Waals surface area contributed by atoms with Gasteiger partial charge in [0.1, 0.15) is 4.88 Å². The second kappa shape index (κ2) is 6.92. The molecule has 0 bridgehead atoms. The van der Waals surface area contributed by atoms with Crippen LogP contribution < -0.4 is 11.1 Å². The van der Waals surface area contributed by atoms with Gasteiger partial charge in [-0.1, -0.05) is 15.9 Å². The molecule has 0 aliphatic heterocycles. The Kier molecular flexibility index (Phi) is 5.22. The van der Waals surface area contributed by atoms with Crippen LogP contribution in [0.5, 0.6) is 0 Å². The summed E-state index contributed by atoms with van der Waals surface area (Å²) in [5.41, 5.74) is 5.70. The third kappa shape index (κ3) is 4.09.